The molecule has 0 aromatic heterocycles. The van der Waals surface area contributed by atoms with E-state index in [4.69, 9.17) is 9.84 Å². The van der Waals surface area contributed by atoms with Gasteiger partial charge in [0.1, 0.15) is 0 Å². The fourth-order valence-electron chi connectivity index (χ4n) is 1.27. The van der Waals surface area contributed by atoms with Crippen LogP contribution in [0.4, 0.5) is 0 Å². The highest BCUT2D eigenvalue weighted by Gasteiger charge is 2.04. The van der Waals surface area contributed by atoms with Crippen molar-refractivity contribution < 1.29 is 19.7 Å². The zero-order valence-electron chi connectivity index (χ0n) is 9.45. The second-order valence-corrected chi connectivity index (χ2v) is 3.72. The molecule has 2 N–H and O–H groups in total. The molecule has 0 rings (SSSR count). The van der Waals surface area contributed by atoms with Crippen molar-refractivity contribution in [2.45, 2.75) is 51.6 Å². The minimum Gasteiger partial charge on any atom is -0.481 e. The Kier molecular flexibility index (Phi) is 9.52. The van der Waals surface area contributed by atoms with Crippen LogP contribution in [-0.2, 0) is 9.53 Å². The summed E-state index contributed by atoms with van der Waals surface area (Å²) in [5.41, 5.74) is 0. The van der Waals surface area contributed by atoms with Crippen LogP contribution in [0.1, 0.15) is 45.4 Å². The Morgan fingerprint density at radius 2 is 2.07 bits per heavy atom. The lowest BCUT2D eigenvalue weighted by atomic mass is 10.1. The molecule has 0 fully saturated rings. The number of hydrogen-bond donors (Lipinski definition) is 2. The van der Waals surface area contributed by atoms with Crippen LogP contribution in [0, 0.1) is 0 Å². The van der Waals surface area contributed by atoms with E-state index in [1.165, 1.54) is 12.8 Å². The van der Waals surface area contributed by atoms with Gasteiger partial charge >= 0.3 is 5.97 Å². The highest BCUT2D eigenvalue weighted by molar-refractivity contribution is 5.66. The molecule has 0 spiro atoms. The number of rotatable bonds is 10. The number of ether oxygens (including phenoxy) is 1. The minimum absolute atomic E-state index is 0.00253. The summed E-state index contributed by atoms with van der Waals surface area (Å²) in [5.74, 6) is -0.868. The van der Waals surface area contributed by atoms with Gasteiger partial charge in [0.05, 0.1) is 25.7 Å². The number of aliphatic hydroxyl groups is 1. The Hall–Kier alpha value is -0.610. The van der Waals surface area contributed by atoms with Gasteiger partial charge in [-0.1, -0.05) is 32.6 Å². The summed E-state index contributed by atoms with van der Waals surface area (Å²) in [7, 11) is 0. The lowest BCUT2D eigenvalue weighted by Crippen LogP contribution is -2.16. The maximum atomic E-state index is 10.1. The first kappa shape index (κ1) is 14.4. The molecular formula is C11H22O4. The molecule has 0 heterocycles. The molecule has 0 saturated carbocycles. The van der Waals surface area contributed by atoms with Crippen molar-refractivity contribution in [3.8, 4) is 0 Å². The van der Waals surface area contributed by atoms with Gasteiger partial charge < -0.3 is 14.9 Å². The maximum Gasteiger partial charge on any atom is 0.305 e. The van der Waals surface area contributed by atoms with Gasteiger partial charge in [-0.15, -0.1) is 0 Å². The Bertz CT molecular complexity index is 159. The van der Waals surface area contributed by atoms with Crippen molar-refractivity contribution in [1.29, 1.82) is 0 Å². The fourth-order valence-corrected chi connectivity index (χ4v) is 1.27. The zero-order chi connectivity index (χ0) is 11.5. The van der Waals surface area contributed by atoms with Gasteiger partial charge in [-0.05, 0) is 6.42 Å². The van der Waals surface area contributed by atoms with Crippen LogP contribution >= 0.6 is 0 Å². The molecule has 90 valence electrons. The Morgan fingerprint density at radius 1 is 1.33 bits per heavy atom. The molecule has 1 atom stereocenters. The smallest absolute Gasteiger partial charge is 0.305 e. The molecule has 0 aromatic rings. The van der Waals surface area contributed by atoms with Crippen molar-refractivity contribution >= 4 is 5.97 Å². The lowest BCUT2D eigenvalue weighted by molar-refractivity contribution is -0.138. The number of aliphatic carboxylic acids is 1. The average molecular weight is 218 g/mol. The van der Waals surface area contributed by atoms with Crippen molar-refractivity contribution in [3.05, 3.63) is 0 Å². The van der Waals surface area contributed by atoms with E-state index < -0.39 is 12.1 Å². The first-order valence-corrected chi connectivity index (χ1v) is 5.64. The van der Waals surface area contributed by atoms with E-state index in [9.17, 15) is 9.90 Å². The van der Waals surface area contributed by atoms with Crippen LogP contribution < -0.4 is 0 Å². The maximum absolute atomic E-state index is 10.1. The second kappa shape index (κ2) is 9.93. The third kappa shape index (κ3) is 11.3. The monoisotopic (exact) mass is 218 g/mol. The number of hydrogen-bond acceptors (Lipinski definition) is 3. The van der Waals surface area contributed by atoms with Gasteiger partial charge in [0.15, 0.2) is 0 Å². The standard InChI is InChI=1S/C11H22O4/c1-2-3-4-5-6-10(12)9-15-8-7-11(13)14/h10,12H,2-9H2,1H3,(H,13,14). The molecule has 0 aliphatic carbocycles. The molecule has 15 heavy (non-hydrogen) atoms. The average Bonchev–Trinajstić information content (AvgIpc) is 2.19. The molecule has 4 nitrogen and oxygen atoms in total. The number of carbonyl (C=O) groups is 1. The summed E-state index contributed by atoms with van der Waals surface area (Å²) in [4.78, 5) is 10.1. The van der Waals surface area contributed by atoms with E-state index in [2.05, 4.69) is 6.92 Å². The van der Waals surface area contributed by atoms with Crippen molar-refractivity contribution in [1.82, 2.24) is 0 Å². The predicted molar refractivity (Wildman–Crippen MR) is 57.8 cm³/mol. The third-order valence-electron chi connectivity index (χ3n) is 2.16. The van der Waals surface area contributed by atoms with Crippen molar-refractivity contribution in [3.63, 3.8) is 0 Å². The Morgan fingerprint density at radius 3 is 2.67 bits per heavy atom. The van der Waals surface area contributed by atoms with E-state index in [0.717, 1.165) is 19.3 Å². The highest BCUT2D eigenvalue weighted by Crippen LogP contribution is 2.05. The summed E-state index contributed by atoms with van der Waals surface area (Å²) in [6.45, 7) is 2.58. The second-order valence-electron chi connectivity index (χ2n) is 3.72. The van der Waals surface area contributed by atoms with Crippen molar-refractivity contribution in [2.75, 3.05) is 13.2 Å². The number of unbranched alkanes of at least 4 members (excludes halogenated alkanes) is 3. The molecular weight excluding hydrogens is 196 g/mol. The van der Waals surface area contributed by atoms with Crippen LogP contribution in [0.25, 0.3) is 0 Å². The molecule has 0 saturated heterocycles. The fraction of sp³-hybridized carbons (Fsp3) is 0.909. The minimum atomic E-state index is -0.868. The van der Waals surface area contributed by atoms with Crippen LogP contribution in [0.3, 0.4) is 0 Å². The molecule has 0 aliphatic heterocycles. The van der Waals surface area contributed by atoms with E-state index in [1.54, 1.807) is 0 Å². The van der Waals surface area contributed by atoms with Crippen LogP contribution in [0.5, 0.6) is 0 Å². The normalized spacial score (nSPS) is 12.7. The molecule has 4 heteroatoms. The molecule has 0 radical (unpaired) electrons. The summed E-state index contributed by atoms with van der Waals surface area (Å²) < 4.78 is 5.03. The van der Waals surface area contributed by atoms with Gasteiger partial charge in [-0.25, -0.2) is 0 Å². The van der Waals surface area contributed by atoms with Crippen LogP contribution in [0.2, 0.25) is 0 Å². The summed E-state index contributed by atoms with van der Waals surface area (Å²) >= 11 is 0. The quantitative estimate of drug-likeness (QED) is 0.549. The van der Waals surface area contributed by atoms with Crippen LogP contribution in [-0.4, -0.2) is 35.5 Å². The lowest BCUT2D eigenvalue weighted by Gasteiger charge is -2.10. The molecule has 0 aliphatic rings. The summed E-state index contributed by atoms with van der Waals surface area (Å²) in [5, 5.41) is 17.8. The SMILES string of the molecule is CCCCCCC(O)COCCC(=O)O. The number of carboxylic acid groups (broad SMARTS) is 1. The third-order valence-corrected chi connectivity index (χ3v) is 2.16. The van der Waals surface area contributed by atoms with E-state index in [1.807, 2.05) is 0 Å². The van der Waals surface area contributed by atoms with Gasteiger partial charge in [0.25, 0.3) is 0 Å². The van der Waals surface area contributed by atoms with E-state index in [0.29, 0.717) is 0 Å². The first-order valence-electron chi connectivity index (χ1n) is 5.64. The van der Waals surface area contributed by atoms with Crippen molar-refractivity contribution in [2.24, 2.45) is 0 Å². The molecule has 1 unspecified atom stereocenters. The first-order chi connectivity index (χ1) is 7.16. The molecule has 0 bridgehead atoms. The predicted octanol–water partition coefficient (Wildman–Crippen LogP) is 1.81. The highest BCUT2D eigenvalue weighted by atomic mass is 16.5. The number of carboxylic acids is 1. The van der Waals surface area contributed by atoms with E-state index >= 15 is 0 Å². The van der Waals surface area contributed by atoms with Gasteiger partial charge in [-0.2, -0.15) is 0 Å². The Balaban J connectivity index is 3.18. The van der Waals surface area contributed by atoms with Gasteiger partial charge in [0.2, 0.25) is 0 Å². The largest absolute Gasteiger partial charge is 0.481 e. The zero-order valence-corrected chi connectivity index (χ0v) is 9.45. The molecule has 0 aromatic carbocycles. The number of aliphatic hydroxyl groups excluding tert-OH is 1. The summed E-state index contributed by atoms with van der Waals surface area (Å²) in [6.07, 6.45) is 4.84. The summed E-state index contributed by atoms with van der Waals surface area (Å²) in [6, 6.07) is 0. The Labute approximate surface area is 91.3 Å². The van der Waals surface area contributed by atoms with Crippen LogP contribution in [0.15, 0.2) is 0 Å². The van der Waals surface area contributed by atoms with Gasteiger partial charge in [0, 0.05) is 0 Å². The molecule has 0 amide bonds. The van der Waals surface area contributed by atoms with Gasteiger partial charge in [-0.3, -0.25) is 4.79 Å². The van der Waals surface area contributed by atoms with E-state index in [-0.39, 0.29) is 19.6 Å². The topological polar surface area (TPSA) is 66.8 Å².